The van der Waals surface area contributed by atoms with Gasteiger partial charge in [-0.25, -0.2) is 0 Å². The molecule has 0 radical (unpaired) electrons. The van der Waals surface area contributed by atoms with Crippen LogP contribution in [0, 0.1) is 22.7 Å². The smallest absolute Gasteiger partial charge is 0.181 e. The van der Waals surface area contributed by atoms with Gasteiger partial charge in [0.1, 0.15) is 0 Å². The molecular weight excluding hydrogens is 172 g/mol. The summed E-state index contributed by atoms with van der Waals surface area (Å²) in [6.45, 7) is 0. The summed E-state index contributed by atoms with van der Waals surface area (Å²) in [5, 5.41) is 35.6. The average Bonchev–Trinajstić information content (AvgIpc) is 2.28. The Morgan fingerprint density at radius 2 is 2.15 bits per heavy atom. The van der Waals surface area contributed by atoms with E-state index in [9.17, 15) is 10.2 Å². The standard InChI is InChI=1S/C8H10N2O3/c9-3-1-7-6(11)5-8(12,13-7)2-4-10/h6-7,11-12H,1-2,5H2. The summed E-state index contributed by atoms with van der Waals surface area (Å²) in [7, 11) is 0. The molecule has 0 spiro atoms. The van der Waals surface area contributed by atoms with Crippen LogP contribution in [0.1, 0.15) is 19.3 Å². The highest BCUT2D eigenvalue weighted by Crippen LogP contribution is 2.32. The quantitative estimate of drug-likeness (QED) is 0.608. The number of ether oxygens (including phenoxy) is 1. The molecule has 0 amide bonds. The summed E-state index contributed by atoms with van der Waals surface area (Å²) in [5.41, 5.74) is 0. The van der Waals surface area contributed by atoms with E-state index in [2.05, 4.69) is 0 Å². The largest absolute Gasteiger partial charge is 0.390 e. The molecule has 3 atom stereocenters. The van der Waals surface area contributed by atoms with E-state index < -0.39 is 18.0 Å². The lowest BCUT2D eigenvalue weighted by Gasteiger charge is -2.18. The molecule has 0 bridgehead atoms. The molecule has 0 aromatic rings. The number of hydrogen-bond acceptors (Lipinski definition) is 5. The lowest BCUT2D eigenvalue weighted by Crippen LogP contribution is -2.27. The predicted molar refractivity (Wildman–Crippen MR) is 40.9 cm³/mol. The summed E-state index contributed by atoms with van der Waals surface area (Å²) in [5.74, 6) is -1.57. The molecule has 70 valence electrons. The van der Waals surface area contributed by atoms with E-state index in [0.717, 1.165) is 0 Å². The summed E-state index contributed by atoms with van der Waals surface area (Å²) in [4.78, 5) is 0. The highest BCUT2D eigenvalue weighted by molar-refractivity contribution is 4.95. The van der Waals surface area contributed by atoms with Crippen molar-refractivity contribution in [2.45, 2.75) is 37.3 Å². The van der Waals surface area contributed by atoms with Crippen LogP contribution in [-0.4, -0.2) is 28.2 Å². The van der Waals surface area contributed by atoms with E-state index in [4.69, 9.17) is 15.3 Å². The number of aliphatic hydroxyl groups is 2. The first-order chi connectivity index (χ1) is 6.11. The summed E-state index contributed by atoms with van der Waals surface area (Å²) >= 11 is 0. The Bertz CT molecular complexity index is 268. The molecule has 5 heteroatoms. The third-order valence-electron chi connectivity index (χ3n) is 1.98. The van der Waals surface area contributed by atoms with Crippen LogP contribution in [0.5, 0.6) is 0 Å². The Morgan fingerprint density at radius 1 is 1.46 bits per heavy atom. The van der Waals surface area contributed by atoms with Crippen LogP contribution in [0.15, 0.2) is 0 Å². The van der Waals surface area contributed by atoms with Gasteiger partial charge in [-0.05, 0) is 0 Å². The zero-order chi connectivity index (χ0) is 9.90. The Morgan fingerprint density at radius 3 is 2.69 bits per heavy atom. The molecule has 0 aromatic heterocycles. The third kappa shape index (κ3) is 2.16. The average molecular weight is 182 g/mol. The number of aliphatic hydroxyl groups excluding tert-OH is 1. The summed E-state index contributed by atoms with van der Waals surface area (Å²) < 4.78 is 5.00. The maximum Gasteiger partial charge on any atom is 0.181 e. The molecule has 0 saturated carbocycles. The fourth-order valence-electron chi connectivity index (χ4n) is 1.37. The van der Waals surface area contributed by atoms with Gasteiger partial charge in [0, 0.05) is 6.42 Å². The van der Waals surface area contributed by atoms with Gasteiger partial charge in [0.05, 0.1) is 37.2 Å². The first-order valence-electron chi connectivity index (χ1n) is 3.93. The summed E-state index contributed by atoms with van der Waals surface area (Å²) in [6.07, 6.45) is -1.71. The third-order valence-corrected chi connectivity index (χ3v) is 1.98. The highest BCUT2D eigenvalue weighted by Gasteiger charge is 2.44. The molecule has 0 aliphatic carbocycles. The van der Waals surface area contributed by atoms with Gasteiger partial charge >= 0.3 is 0 Å². The van der Waals surface area contributed by atoms with Gasteiger partial charge in [-0.1, -0.05) is 0 Å². The van der Waals surface area contributed by atoms with Gasteiger partial charge in [0.2, 0.25) is 0 Å². The minimum atomic E-state index is -1.57. The van der Waals surface area contributed by atoms with E-state index >= 15 is 0 Å². The zero-order valence-corrected chi connectivity index (χ0v) is 6.97. The van der Waals surface area contributed by atoms with Crippen molar-refractivity contribution in [1.29, 1.82) is 10.5 Å². The Kier molecular flexibility index (Phi) is 2.84. The number of nitrogens with zero attached hydrogens (tertiary/aromatic N) is 2. The monoisotopic (exact) mass is 182 g/mol. The van der Waals surface area contributed by atoms with Crippen LogP contribution in [-0.2, 0) is 4.74 Å². The van der Waals surface area contributed by atoms with Crippen molar-refractivity contribution in [3.63, 3.8) is 0 Å². The van der Waals surface area contributed by atoms with E-state index in [0.29, 0.717) is 0 Å². The SMILES string of the molecule is N#CCC1OC(O)(CC#N)CC1O. The Balaban J connectivity index is 2.60. The number of rotatable bonds is 2. The molecule has 5 nitrogen and oxygen atoms in total. The molecule has 2 N–H and O–H groups in total. The van der Waals surface area contributed by atoms with E-state index in [1.165, 1.54) is 0 Å². The van der Waals surface area contributed by atoms with Crippen LogP contribution in [0.2, 0.25) is 0 Å². The molecule has 1 saturated heterocycles. The molecule has 3 unspecified atom stereocenters. The second kappa shape index (κ2) is 3.71. The van der Waals surface area contributed by atoms with Gasteiger partial charge < -0.3 is 14.9 Å². The minimum absolute atomic E-state index is 0.00704. The molecular formula is C8H10N2O3. The Labute approximate surface area is 75.8 Å². The topological polar surface area (TPSA) is 97.3 Å². The van der Waals surface area contributed by atoms with Gasteiger partial charge in [-0.15, -0.1) is 0 Å². The van der Waals surface area contributed by atoms with Crippen LogP contribution < -0.4 is 0 Å². The van der Waals surface area contributed by atoms with Crippen LogP contribution in [0.4, 0.5) is 0 Å². The second-order valence-corrected chi connectivity index (χ2v) is 3.07. The van der Waals surface area contributed by atoms with Crippen molar-refractivity contribution in [2.24, 2.45) is 0 Å². The zero-order valence-electron chi connectivity index (χ0n) is 6.97. The lowest BCUT2D eigenvalue weighted by atomic mass is 10.1. The molecule has 13 heavy (non-hydrogen) atoms. The molecule has 1 aliphatic heterocycles. The highest BCUT2D eigenvalue weighted by atomic mass is 16.6. The van der Waals surface area contributed by atoms with E-state index in [1.807, 2.05) is 6.07 Å². The lowest BCUT2D eigenvalue weighted by molar-refractivity contribution is -0.187. The predicted octanol–water partition coefficient (Wildman–Crippen LogP) is -0.348. The minimum Gasteiger partial charge on any atom is -0.390 e. The van der Waals surface area contributed by atoms with Crippen molar-refractivity contribution in [2.75, 3.05) is 0 Å². The molecule has 1 aliphatic rings. The molecule has 1 rings (SSSR count). The van der Waals surface area contributed by atoms with Gasteiger partial charge in [-0.2, -0.15) is 10.5 Å². The molecule has 1 heterocycles. The van der Waals surface area contributed by atoms with Crippen molar-refractivity contribution in [1.82, 2.24) is 0 Å². The van der Waals surface area contributed by atoms with E-state index in [-0.39, 0.29) is 19.3 Å². The maximum absolute atomic E-state index is 9.54. The van der Waals surface area contributed by atoms with Crippen LogP contribution >= 0.6 is 0 Å². The maximum atomic E-state index is 9.54. The van der Waals surface area contributed by atoms with Gasteiger partial charge in [0.25, 0.3) is 0 Å². The number of hydrogen-bond donors (Lipinski definition) is 2. The van der Waals surface area contributed by atoms with Crippen molar-refractivity contribution < 1.29 is 14.9 Å². The van der Waals surface area contributed by atoms with E-state index in [1.54, 1.807) is 6.07 Å². The molecule has 0 aromatic carbocycles. The Hall–Kier alpha value is -1.14. The fourth-order valence-corrected chi connectivity index (χ4v) is 1.37. The molecule has 1 fully saturated rings. The van der Waals surface area contributed by atoms with Crippen molar-refractivity contribution in [3.8, 4) is 12.1 Å². The van der Waals surface area contributed by atoms with Crippen LogP contribution in [0.25, 0.3) is 0 Å². The van der Waals surface area contributed by atoms with Crippen molar-refractivity contribution in [3.05, 3.63) is 0 Å². The van der Waals surface area contributed by atoms with Gasteiger partial charge in [-0.3, -0.25) is 0 Å². The summed E-state index contributed by atoms with van der Waals surface area (Å²) in [6, 6.07) is 3.61. The fraction of sp³-hybridized carbons (Fsp3) is 0.750. The van der Waals surface area contributed by atoms with Crippen molar-refractivity contribution >= 4 is 0 Å². The first-order valence-corrected chi connectivity index (χ1v) is 3.93. The first kappa shape index (κ1) is 9.94. The number of nitriles is 2. The van der Waals surface area contributed by atoms with Gasteiger partial charge in [0.15, 0.2) is 5.79 Å². The normalized spacial score (nSPS) is 38.2. The second-order valence-electron chi connectivity index (χ2n) is 3.07. The van der Waals surface area contributed by atoms with Crippen LogP contribution in [0.3, 0.4) is 0 Å².